The van der Waals surface area contributed by atoms with Crippen molar-refractivity contribution in [3.05, 3.63) is 23.5 Å². The maximum absolute atomic E-state index is 2.61. The van der Waals surface area contributed by atoms with E-state index in [-0.39, 0.29) is 0 Å². The Morgan fingerprint density at radius 1 is 1.00 bits per heavy atom. The van der Waals surface area contributed by atoms with Gasteiger partial charge in [0.15, 0.2) is 0 Å². The summed E-state index contributed by atoms with van der Waals surface area (Å²) < 4.78 is 2.61. The summed E-state index contributed by atoms with van der Waals surface area (Å²) in [6, 6.07) is 5.39. The highest BCUT2D eigenvalue weighted by molar-refractivity contribution is 5.17. The molecule has 1 nitrogen and oxygen atoms in total. The third-order valence-corrected chi connectivity index (χ3v) is 3.83. The molecule has 2 fully saturated rings. The molecule has 0 bridgehead atoms. The number of nitrogens with zero attached hydrogens (tertiary/aromatic N) is 1. The van der Waals surface area contributed by atoms with E-state index in [1.807, 2.05) is 0 Å². The van der Waals surface area contributed by atoms with Crippen LogP contribution < -0.4 is 0 Å². The second-order valence-electron chi connectivity index (χ2n) is 5.15. The summed E-state index contributed by atoms with van der Waals surface area (Å²) in [6.45, 7) is 4.51. The first kappa shape index (κ1) is 8.58. The van der Waals surface area contributed by atoms with E-state index in [0.717, 1.165) is 17.9 Å². The summed E-state index contributed by atoms with van der Waals surface area (Å²) in [4.78, 5) is 0. The molecule has 0 aliphatic heterocycles. The molecule has 0 spiro atoms. The average molecular weight is 189 g/mol. The Kier molecular flexibility index (Phi) is 1.77. The monoisotopic (exact) mass is 189 g/mol. The molecule has 0 atom stereocenters. The lowest BCUT2D eigenvalue weighted by atomic mass is 10.1. The minimum atomic E-state index is 0.852. The molecule has 76 valence electrons. The molecule has 0 saturated heterocycles. The molecule has 0 unspecified atom stereocenters. The van der Waals surface area contributed by atoms with E-state index in [1.54, 1.807) is 0 Å². The quantitative estimate of drug-likeness (QED) is 0.686. The van der Waals surface area contributed by atoms with Crippen LogP contribution in [0, 0.1) is 25.7 Å². The van der Waals surface area contributed by atoms with E-state index in [1.165, 1.54) is 37.1 Å². The van der Waals surface area contributed by atoms with Gasteiger partial charge >= 0.3 is 0 Å². The van der Waals surface area contributed by atoms with Gasteiger partial charge in [0.25, 0.3) is 0 Å². The Hall–Kier alpha value is -0.720. The second kappa shape index (κ2) is 2.88. The molecule has 1 aromatic heterocycles. The maximum atomic E-state index is 2.61. The molecule has 0 radical (unpaired) electrons. The van der Waals surface area contributed by atoms with Gasteiger partial charge in [-0.15, -0.1) is 0 Å². The molecule has 2 aliphatic carbocycles. The van der Waals surface area contributed by atoms with Crippen LogP contribution in [0.3, 0.4) is 0 Å². The minimum Gasteiger partial charge on any atom is -0.346 e. The van der Waals surface area contributed by atoms with Crippen molar-refractivity contribution >= 4 is 0 Å². The molecular weight excluding hydrogens is 170 g/mol. The van der Waals surface area contributed by atoms with Gasteiger partial charge in [-0.25, -0.2) is 0 Å². The van der Waals surface area contributed by atoms with Crippen LogP contribution in [0.15, 0.2) is 12.1 Å². The topological polar surface area (TPSA) is 4.93 Å². The lowest BCUT2D eigenvalue weighted by Crippen LogP contribution is -2.15. The molecule has 14 heavy (non-hydrogen) atoms. The van der Waals surface area contributed by atoms with Crippen molar-refractivity contribution in [1.29, 1.82) is 0 Å². The number of hydrogen-bond donors (Lipinski definition) is 0. The van der Waals surface area contributed by atoms with Gasteiger partial charge in [-0.3, -0.25) is 0 Å². The second-order valence-corrected chi connectivity index (χ2v) is 5.15. The van der Waals surface area contributed by atoms with Gasteiger partial charge in [0.1, 0.15) is 0 Å². The molecule has 1 aromatic rings. The minimum absolute atomic E-state index is 0.852. The standard InChI is InChI=1S/C13H19N/c1-9-3-4-10(2)14(9)13(11-5-6-11)12-7-8-12/h3-4,11-13H,5-8H2,1-2H3. The Labute approximate surface area is 86.1 Å². The third kappa shape index (κ3) is 1.30. The highest BCUT2D eigenvalue weighted by atomic mass is 15.1. The Morgan fingerprint density at radius 3 is 1.79 bits per heavy atom. The fraction of sp³-hybridized carbons (Fsp3) is 0.692. The van der Waals surface area contributed by atoms with Gasteiger partial charge < -0.3 is 4.57 Å². The normalized spacial score (nSPS) is 21.9. The van der Waals surface area contributed by atoms with Crippen LogP contribution in [0.4, 0.5) is 0 Å². The first-order chi connectivity index (χ1) is 6.77. The van der Waals surface area contributed by atoms with E-state index in [4.69, 9.17) is 0 Å². The van der Waals surface area contributed by atoms with Crippen molar-refractivity contribution < 1.29 is 0 Å². The molecule has 2 aliphatic rings. The van der Waals surface area contributed by atoms with E-state index < -0.39 is 0 Å². The molecule has 1 heteroatoms. The molecule has 0 aromatic carbocycles. The number of aryl methyl sites for hydroxylation is 2. The van der Waals surface area contributed by atoms with Crippen molar-refractivity contribution in [2.24, 2.45) is 11.8 Å². The fourth-order valence-corrected chi connectivity index (χ4v) is 2.83. The Morgan fingerprint density at radius 2 is 1.43 bits per heavy atom. The third-order valence-electron chi connectivity index (χ3n) is 3.83. The van der Waals surface area contributed by atoms with E-state index in [2.05, 4.69) is 30.5 Å². The molecule has 0 amide bonds. The van der Waals surface area contributed by atoms with Crippen LogP contribution in [-0.2, 0) is 0 Å². The Bertz CT molecular complexity index is 311. The van der Waals surface area contributed by atoms with Crippen LogP contribution >= 0.6 is 0 Å². The van der Waals surface area contributed by atoms with Crippen molar-refractivity contribution in [1.82, 2.24) is 4.57 Å². The largest absolute Gasteiger partial charge is 0.346 e. The summed E-state index contributed by atoms with van der Waals surface area (Å²) in [5, 5.41) is 0. The van der Waals surface area contributed by atoms with E-state index >= 15 is 0 Å². The van der Waals surface area contributed by atoms with Gasteiger partial charge in [0, 0.05) is 17.4 Å². The van der Waals surface area contributed by atoms with Gasteiger partial charge in [-0.1, -0.05) is 0 Å². The van der Waals surface area contributed by atoms with Crippen LogP contribution in [0.2, 0.25) is 0 Å². The van der Waals surface area contributed by atoms with Crippen molar-refractivity contribution in [2.45, 2.75) is 45.6 Å². The first-order valence-electron chi connectivity index (χ1n) is 5.92. The average Bonchev–Trinajstić information content (AvgIpc) is 2.99. The summed E-state index contributed by atoms with van der Waals surface area (Å²) in [5.41, 5.74) is 2.93. The zero-order chi connectivity index (χ0) is 9.71. The van der Waals surface area contributed by atoms with Crippen LogP contribution in [0.5, 0.6) is 0 Å². The summed E-state index contributed by atoms with van der Waals surface area (Å²) in [6.07, 6.45) is 5.88. The predicted octanol–water partition coefficient (Wildman–Crippen LogP) is 3.47. The summed E-state index contributed by atoms with van der Waals surface area (Å²) in [7, 11) is 0. The van der Waals surface area contributed by atoms with E-state index in [0.29, 0.717) is 0 Å². The highest BCUT2D eigenvalue weighted by Gasteiger charge is 2.43. The highest BCUT2D eigenvalue weighted by Crippen LogP contribution is 2.52. The van der Waals surface area contributed by atoms with Crippen LogP contribution in [-0.4, -0.2) is 4.57 Å². The molecular formula is C13H19N. The predicted molar refractivity (Wildman–Crippen MR) is 58.4 cm³/mol. The summed E-state index contributed by atoms with van der Waals surface area (Å²) >= 11 is 0. The van der Waals surface area contributed by atoms with Crippen molar-refractivity contribution in [2.75, 3.05) is 0 Å². The molecule has 3 rings (SSSR count). The fourth-order valence-electron chi connectivity index (χ4n) is 2.83. The number of rotatable bonds is 3. The maximum Gasteiger partial charge on any atom is 0.0392 e. The van der Waals surface area contributed by atoms with Crippen LogP contribution in [0.1, 0.15) is 43.1 Å². The zero-order valence-electron chi connectivity index (χ0n) is 9.16. The molecule has 1 heterocycles. The Balaban J connectivity index is 1.96. The molecule has 2 saturated carbocycles. The van der Waals surface area contributed by atoms with Gasteiger partial charge in [0.2, 0.25) is 0 Å². The summed E-state index contributed by atoms with van der Waals surface area (Å²) in [5.74, 6) is 2.01. The molecule has 0 N–H and O–H groups in total. The first-order valence-corrected chi connectivity index (χ1v) is 5.92. The van der Waals surface area contributed by atoms with Gasteiger partial charge in [-0.2, -0.15) is 0 Å². The smallest absolute Gasteiger partial charge is 0.0392 e. The van der Waals surface area contributed by atoms with Gasteiger partial charge in [-0.05, 0) is 63.5 Å². The SMILES string of the molecule is Cc1ccc(C)n1C(C1CC1)C1CC1. The lowest BCUT2D eigenvalue weighted by Gasteiger charge is -2.22. The van der Waals surface area contributed by atoms with Crippen molar-refractivity contribution in [3.63, 3.8) is 0 Å². The van der Waals surface area contributed by atoms with Crippen LogP contribution in [0.25, 0.3) is 0 Å². The lowest BCUT2D eigenvalue weighted by molar-refractivity contribution is 0.383. The van der Waals surface area contributed by atoms with E-state index in [9.17, 15) is 0 Å². The van der Waals surface area contributed by atoms with Crippen molar-refractivity contribution in [3.8, 4) is 0 Å². The number of aromatic nitrogens is 1. The number of hydrogen-bond acceptors (Lipinski definition) is 0. The zero-order valence-corrected chi connectivity index (χ0v) is 9.16. The van der Waals surface area contributed by atoms with Gasteiger partial charge in [0.05, 0.1) is 0 Å².